The molecule has 5 nitrogen and oxygen atoms in total. The molecule has 35 heavy (non-hydrogen) atoms. The van der Waals surface area contributed by atoms with Gasteiger partial charge in [-0.05, 0) is 53.8 Å². The average molecular weight is 490 g/mol. The van der Waals surface area contributed by atoms with E-state index in [1.807, 2.05) is 48.5 Å². The molecule has 4 aromatic rings. The molecule has 6 heteroatoms. The van der Waals surface area contributed by atoms with Gasteiger partial charge in [-0.15, -0.1) is 0 Å². The lowest BCUT2D eigenvalue weighted by atomic mass is 9.99. The van der Waals surface area contributed by atoms with Crippen LogP contribution in [0.1, 0.15) is 43.1 Å². The molecule has 1 heterocycles. The van der Waals surface area contributed by atoms with Crippen LogP contribution in [0.5, 0.6) is 5.75 Å². The van der Waals surface area contributed by atoms with E-state index in [-0.39, 0.29) is 12.3 Å². The van der Waals surface area contributed by atoms with Gasteiger partial charge in [0.15, 0.2) is 0 Å². The van der Waals surface area contributed by atoms with E-state index >= 15 is 0 Å². The molecule has 1 atom stereocenters. The molecule has 3 aromatic carbocycles. The molecule has 0 aliphatic carbocycles. The Bertz CT molecular complexity index is 1270. The zero-order valence-electron chi connectivity index (χ0n) is 20.3. The summed E-state index contributed by atoms with van der Waals surface area (Å²) in [6.45, 7) is 6.16. The fraction of sp³-hybridized carbons (Fsp3) is 0.310. The van der Waals surface area contributed by atoms with Crippen LogP contribution in [0.15, 0.2) is 72.8 Å². The van der Waals surface area contributed by atoms with Crippen molar-refractivity contribution < 1.29 is 9.53 Å². The highest BCUT2D eigenvalue weighted by atomic mass is 35.5. The number of para-hydroxylation sites is 2. The van der Waals surface area contributed by atoms with Crippen molar-refractivity contribution in [1.82, 2.24) is 14.9 Å². The molecule has 0 aliphatic rings. The van der Waals surface area contributed by atoms with E-state index in [1.165, 1.54) is 5.56 Å². The summed E-state index contributed by atoms with van der Waals surface area (Å²) in [4.78, 5) is 17.2. The van der Waals surface area contributed by atoms with Crippen molar-refractivity contribution in [3.8, 4) is 5.75 Å². The Morgan fingerprint density at radius 3 is 2.57 bits per heavy atom. The number of aromatic nitrogens is 2. The fourth-order valence-electron chi connectivity index (χ4n) is 4.14. The highest BCUT2D eigenvalue weighted by Crippen LogP contribution is 2.22. The third kappa shape index (κ3) is 6.43. The van der Waals surface area contributed by atoms with Gasteiger partial charge in [-0.3, -0.25) is 4.79 Å². The third-order valence-corrected chi connectivity index (χ3v) is 6.73. The highest BCUT2D eigenvalue weighted by molar-refractivity contribution is 6.31. The Hall–Kier alpha value is -3.31. The van der Waals surface area contributed by atoms with Gasteiger partial charge in [0.05, 0.1) is 24.0 Å². The summed E-state index contributed by atoms with van der Waals surface area (Å²) >= 11 is 6.18. The minimum absolute atomic E-state index is 0.0510. The van der Waals surface area contributed by atoms with Gasteiger partial charge in [0.1, 0.15) is 18.2 Å². The van der Waals surface area contributed by atoms with Gasteiger partial charge in [0, 0.05) is 18.0 Å². The van der Waals surface area contributed by atoms with Crippen molar-refractivity contribution in [3.05, 3.63) is 94.8 Å². The Morgan fingerprint density at radius 1 is 1.06 bits per heavy atom. The number of hydrogen-bond acceptors (Lipinski definition) is 3. The molecule has 182 valence electrons. The third-order valence-electron chi connectivity index (χ3n) is 6.36. The second-order valence-electron chi connectivity index (χ2n) is 8.76. The van der Waals surface area contributed by atoms with Gasteiger partial charge in [-0.25, -0.2) is 4.98 Å². The van der Waals surface area contributed by atoms with E-state index in [0.717, 1.165) is 34.6 Å². The number of amides is 1. The zero-order valence-corrected chi connectivity index (χ0v) is 21.1. The zero-order chi connectivity index (χ0) is 24.6. The SMILES string of the molecule is CCC(C)c1ccc(OCCn2c(CCNC(=O)Cc3ccccc3Cl)nc3ccccc32)cc1. The molecule has 0 fully saturated rings. The maximum Gasteiger partial charge on any atom is 0.224 e. The van der Waals surface area contributed by atoms with Crippen molar-refractivity contribution in [3.63, 3.8) is 0 Å². The Labute approximate surface area is 212 Å². The smallest absolute Gasteiger partial charge is 0.224 e. The number of benzene rings is 3. The summed E-state index contributed by atoms with van der Waals surface area (Å²) in [5.74, 6) is 2.30. The first kappa shape index (κ1) is 24.8. The summed E-state index contributed by atoms with van der Waals surface area (Å²) in [7, 11) is 0. The summed E-state index contributed by atoms with van der Waals surface area (Å²) in [5, 5.41) is 3.61. The largest absolute Gasteiger partial charge is 0.492 e. The number of carbonyl (C=O) groups excluding carboxylic acids is 1. The van der Waals surface area contributed by atoms with Gasteiger partial charge in [0.25, 0.3) is 0 Å². The molecule has 0 aliphatic heterocycles. The molecule has 0 radical (unpaired) electrons. The number of fused-ring (bicyclic) bond motifs is 1. The molecule has 0 saturated carbocycles. The number of nitrogens with zero attached hydrogens (tertiary/aromatic N) is 2. The topological polar surface area (TPSA) is 56.1 Å². The Morgan fingerprint density at radius 2 is 1.80 bits per heavy atom. The van der Waals surface area contributed by atoms with E-state index in [4.69, 9.17) is 21.3 Å². The van der Waals surface area contributed by atoms with Crippen LogP contribution in [0.25, 0.3) is 11.0 Å². The number of halogens is 1. The van der Waals surface area contributed by atoms with Crippen LogP contribution in [-0.2, 0) is 24.2 Å². The molecule has 1 amide bonds. The predicted octanol–water partition coefficient (Wildman–Crippen LogP) is 6.18. The van der Waals surface area contributed by atoms with Crippen LogP contribution in [-0.4, -0.2) is 28.6 Å². The normalized spacial score (nSPS) is 12.0. The van der Waals surface area contributed by atoms with Crippen LogP contribution in [0.3, 0.4) is 0 Å². The molecule has 1 N–H and O–H groups in total. The Balaban J connectivity index is 1.36. The predicted molar refractivity (Wildman–Crippen MR) is 142 cm³/mol. The van der Waals surface area contributed by atoms with E-state index < -0.39 is 0 Å². The van der Waals surface area contributed by atoms with E-state index in [2.05, 4.69) is 41.9 Å². The maximum absolute atomic E-state index is 12.4. The molecule has 0 spiro atoms. The van der Waals surface area contributed by atoms with Gasteiger partial charge in [-0.2, -0.15) is 0 Å². The van der Waals surface area contributed by atoms with Crippen molar-refractivity contribution >= 4 is 28.5 Å². The monoisotopic (exact) mass is 489 g/mol. The lowest BCUT2D eigenvalue weighted by molar-refractivity contribution is -0.120. The summed E-state index contributed by atoms with van der Waals surface area (Å²) < 4.78 is 8.22. The molecule has 1 unspecified atom stereocenters. The molecule has 4 rings (SSSR count). The number of ether oxygens (including phenoxy) is 1. The van der Waals surface area contributed by atoms with E-state index in [0.29, 0.717) is 37.1 Å². The van der Waals surface area contributed by atoms with Crippen LogP contribution >= 0.6 is 11.6 Å². The van der Waals surface area contributed by atoms with Crippen LogP contribution in [0.2, 0.25) is 5.02 Å². The molecular formula is C29H32ClN3O2. The van der Waals surface area contributed by atoms with E-state index in [1.54, 1.807) is 6.07 Å². The van der Waals surface area contributed by atoms with E-state index in [9.17, 15) is 4.79 Å². The lowest BCUT2D eigenvalue weighted by Gasteiger charge is -2.13. The van der Waals surface area contributed by atoms with Crippen LogP contribution < -0.4 is 10.1 Å². The van der Waals surface area contributed by atoms with Crippen molar-refractivity contribution in [1.29, 1.82) is 0 Å². The van der Waals surface area contributed by atoms with Crippen LogP contribution in [0, 0.1) is 0 Å². The molecule has 0 bridgehead atoms. The quantitative estimate of drug-likeness (QED) is 0.273. The number of nitrogens with one attached hydrogen (secondary N) is 1. The standard InChI is InChI=1S/C29H32ClN3O2/c1-3-21(2)22-12-14-24(15-13-22)35-19-18-33-27-11-7-6-10-26(27)32-28(33)16-17-31-29(34)20-23-8-4-5-9-25(23)30/h4-15,21H,3,16-20H2,1-2H3,(H,31,34). The van der Waals surface area contributed by atoms with Crippen molar-refractivity contribution in [2.75, 3.05) is 13.2 Å². The summed E-state index contributed by atoms with van der Waals surface area (Å²) in [6, 6.07) is 23.9. The minimum atomic E-state index is -0.0510. The molecule has 1 aromatic heterocycles. The lowest BCUT2D eigenvalue weighted by Crippen LogP contribution is -2.28. The van der Waals surface area contributed by atoms with Gasteiger partial charge in [-0.1, -0.05) is 67.9 Å². The van der Waals surface area contributed by atoms with Gasteiger partial charge >= 0.3 is 0 Å². The summed E-state index contributed by atoms with van der Waals surface area (Å²) in [6.07, 6.45) is 2.02. The van der Waals surface area contributed by atoms with Gasteiger partial charge in [0.2, 0.25) is 5.91 Å². The summed E-state index contributed by atoms with van der Waals surface area (Å²) in [5.41, 5.74) is 4.18. The second kappa shape index (κ2) is 11.9. The number of rotatable bonds is 11. The first-order valence-corrected chi connectivity index (χ1v) is 12.6. The van der Waals surface area contributed by atoms with Crippen molar-refractivity contribution in [2.45, 2.75) is 45.6 Å². The molecule has 0 saturated heterocycles. The highest BCUT2D eigenvalue weighted by Gasteiger charge is 2.12. The number of imidazole rings is 1. The number of carbonyl (C=O) groups is 1. The minimum Gasteiger partial charge on any atom is -0.492 e. The Kier molecular flexibility index (Phi) is 8.43. The second-order valence-corrected chi connectivity index (χ2v) is 9.17. The van der Waals surface area contributed by atoms with Gasteiger partial charge < -0.3 is 14.6 Å². The van der Waals surface area contributed by atoms with Crippen molar-refractivity contribution in [2.24, 2.45) is 0 Å². The number of hydrogen-bond donors (Lipinski definition) is 1. The first-order chi connectivity index (χ1) is 17.0. The fourth-order valence-corrected chi connectivity index (χ4v) is 4.34. The maximum atomic E-state index is 12.4. The average Bonchev–Trinajstić information content (AvgIpc) is 3.22. The first-order valence-electron chi connectivity index (χ1n) is 12.2. The van der Waals surface area contributed by atoms with Crippen LogP contribution in [0.4, 0.5) is 0 Å². The molecular weight excluding hydrogens is 458 g/mol.